The zero-order chi connectivity index (χ0) is 12.7. The first-order chi connectivity index (χ1) is 8.15. The highest BCUT2D eigenvalue weighted by atomic mass is 16.4. The minimum atomic E-state index is -0.970. The molecule has 92 valence electrons. The number of amides is 1. The maximum absolute atomic E-state index is 11.5. The van der Waals surface area contributed by atoms with E-state index in [2.05, 4.69) is 5.32 Å². The zero-order valence-electron chi connectivity index (χ0n) is 9.85. The Balaban J connectivity index is 2.68. The third-order valence-electron chi connectivity index (χ3n) is 2.46. The summed E-state index contributed by atoms with van der Waals surface area (Å²) in [4.78, 5) is 22.6. The van der Waals surface area contributed by atoms with Gasteiger partial charge in [0.2, 0.25) is 5.91 Å². The van der Waals surface area contributed by atoms with Crippen molar-refractivity contribution in [3.8, 4) is 0 Å². The normalized spacial score (nSPS) is 11.8. The van der Waals surface area contributed by atoms with Gasteiger partial charge in [-0.2, -0.15) is 0 Å². The molecule has 4 heteroatoms. The van der Waals surface area contributed by atoms with Crippen LogP contribution in [0.2, 0.25) is 0 Å². The molecule has 4 nitrogen and oxygen atoms in total. The standard InChI is InChI=1S/C13H17NO3/c1-2-8-14-12(15)9-11(13(16)17)10-6-4-3-5-7-10/h3-7,11H,2,8-9H2,1H3,(H,14,15)(H,16,17). The van der Waals surface area contributed by atoms with Crippen LogP contribution >= 0.6 is 0 Å². The minimum Gasteiger partial charge on any atom is -0.481 e. The first-order valence-electron chi connectivity index (χ1n) is 5.69. The van der Waals surface area contributed by atoms with Crippen molar-refractivity contribution in [1.29, 1.82) is 0 Å². The molecule has 0 saturated carbocycles. The Labute approximate surface area is 101 Å². The number of aliphatic carboxylic acids is 1. The number of carboxylic acid groups (broad SMARTS) is 1. The summed E-state index contributed by atoms with van der Waals surface area (Å²) in [5.74, 6) is -1.96. The van der Waals surface area contributed by atoms with Gasteiger partial charge in [-0.05, 0) is 12.0 Å². The quantitative estimate of drug-likeness (QED) is 0.789. The van der Waals surface area contributed by atoms with Crippen molar-refractivity contribution in [2.45, 2.75) is 25.7 Å². The maximum atomic E-state index is 11.5. The lowest BCUT2D eigenvalue weighted by molar-refractivity contribution is -0.140. The molecule has 1 unspecified atom stereocenters. The van der Waals surface area contributed by atoms with Crippen LogP contribution in [0.3, 0.4) is 0 Å². The topological polar surface area (TPSA) is 66.4 Å². The van der Waals surface area contributed by atoms with E-state index in [1.54, 1.807) is 24.3 Å². The number of carbonyl (C=O) groups excluding carboxylic acids is 1. The van der Waals surface area contributed by atoms with Crippen LogP contribution in [0.1, 0.15) is 31.2 Å². The van der Waals surface area contributed by atoms with Gasteiger partial charge in [0.1, 0.15) is 0 Å². The molecule has 2 N–H and O–H groups in total. The fraction of sp³-hybridized carbons (Fsp3) is 0.385. The van der Waals surface area contributed by atoms with E-state index in [-0.39, 0.29) is 12.3 Å². The van der Waals surface area contributed by atoms with Crippen molar-refractivity contribution in [2.75, 3.05) is 6.54 Å². The van der Waals surface area contributed by atoms with E-state index in [1.165, 1.54) is 0 Å². The van der Waals surface area contributed by atoms with Gasteiger partial charge in [0.05, 0.1) is 5.92 Å². The molecule has 0 spiro atoms. The Hall–Kier alpha value is -1.84. The zero-order valence-corrected chi connectivity index (χ0v) is 9.85. The second-order valence-electron chi connectivity index (χ2n) is 3.86. The monoisotopic (exact) mass is 235 g/mol. The van der Waals surface area contributed by atoms with Crippen molar-refractivity contribution in [2.24, 2.45) is 0 Å². The minimum absolute atomic E-state index is 0.0145. The highest BCUT2D eigenvalue weighted by Gasteiger charge is 2.22. The van der Waals surface area contributed by atoms with Crippen LogP contribution in [0.25, 0.3) is 0 Å². The third kappa shape index (κ3) is 4.26. The number of benzene rings is 1. The summed E-state index contributed by atoms with van der Waals surface area (Å²) in [6.07, 6.45) is 0.828. The van der Waals surface area contributed by atoms with Crippen LogP contribution in [0.4, 0.5) is 0 Å². The van der Waals surface area contributed by atoms with Gasteiger partial charge in [-0.15, -0.1) is 0 Å². The SMILES string of the molecule is CCCNC(=O)CC(C(=O)O)c1ccccc1. The second kappa shape index (κ2) is 6.68. The Bertz CT molecular complexity index is 376. The van der Waals surface area contributed by atoms with Gasteiger partial charge >= 0.3 is 5.97 Å². The maximum Gasteiger partial charge on any atom is 0.311 e. The van der Waals surface area contributed by atoms with E-state index in [9.17, 15) is 9.59 Å². The van der Waals surface area contributed by atoms with Gasteiger partial charge in [-0.3, -0.25) is 9.59 Å². The molecular formula is C13H17NO3. The highest BCUT2D eigenvalue weighted by molar-refractivity contribution is 5.85. The molecule has 0 aliphatic rings. The molecular weight excluding hydrogens is 218 g/mol. The molecule has 17 heavy (non-hydrogen) atoms. The van der Waals surface area contributed by atoms with Gasteiger partial charge in [-0.1, -0.05) is 37.3 Å². The number of nitrogens with one attached hydrogen (secondary N) is 1. The van der Waals surface area contributed by atoms with Crippen LogP contribution in [-0.4, -0.2) is 23.5 Å². The summed E-state index contributed by atoms with van der Waals surface area (Å²) in [7, 11) is 0. The van der Waals surface area contributed by atoms with Crippen LogP contribution < -0.4 is 5.32 Å². The Morgan fingerprint density at radius 1 is 1.29 bits per heavy atom. The summed E-state index contributed by atoms with van der Waals surface area (Å²) >= 11 is 0. The molecule has 1 rings (SSSR count). The van der Waals surface area contributed by atoms with Crippen LogP contribution in [-0.2, 0) is 9.59 Å². The molecule has 0 saturated heterocycles. The summed E-state index contributed by atoms with van der Waals surface area (Å²) in [6, 6.07) is 8.82. The van der Waals surface area contributed by atoms with Gasteiger partial charge in [0.25, 0.3) is 0 Å². The number of hydrogen-bond acceptors (Lipinski definition) is 2. The van der Waals surface area contributed by atoms with E-state index in [1.807, 2.05) is 13.0 Å². The molecule has 0 fully saturated rings. The Morgan fingerprint density at radius 3 is 2.47 bits per heavy atom. The number of rotatable bonds is 6. The molecule has 0 aliphatic heterocycles. The van der Waals surface area contributed by atoms with Crippen LogP contribution in [0.15, 0.2) is 30.3 Å². The summed E-state index contributed by atoms with van der Waals surface area (Å²) in [5.41, 5.74) is 0.659. The van der Waals surface area contributed by atoms with Gasteiger partial charge in [-0.25, -0.2) is 0 Å². The van der Waals surface area contributed by atoms with E-state index in [0.717, 1.165) is 6.42 Å². The van der Waals surface area contributed by atoms with Gasteiger partial charge in [0, 0.05) is 13.0 Å². The smallest absolute Gasteiger partial charge is 0.311 e. The average molecular weight is 235 g/mol. The lowest BCUT2D eigenvalue weighted by Gasteiger charge is -2.12. The largest absolute Gasteiger partial charge is 0.481 e. The van der Waals surface area contributed by atoms with E-state index < -0.39 is 11.9 Å². The van der Waals surface area contributed by atoms with Crippen molar-refractivity contribution in [3.05, 3.63) is 35.9 Å². The Kier molecular flexibility index (Phi) is 5.20. The Morgan fingerprint density at radius 2 is 1.94 bits per heavy atom. The average Bonchev–Trinajstić information content (AvgIpc) is 2.34. The van der Waals surface area contributed by atoms with Gasteiger partial charge < -0.3 is 10.4 Å². The van der Waals surface area contributed by atoms with E-state index in [4.69, 9.17) is 5.11 Å². The highest BCUT2D eigenvalue weighted by Crippen LogP contribution is 2.19. The van der Waals surface area contributed by atoms with Gasteiger partial charge in [0.15, 0.2) is 0 Å². The van der Waals surface area contributed by atoms with E-state index in [0.29, 0.717) is 12.1 Å². The summed E-state index contributed by atoms with van der Waals surface area (Å²) in [5, 5.41) is 11.8. The number of carbonyl (C=O) groups is 2. The molecule has 1 amide bonds. The van der Waals surface area contributed by atoms with Crippen LogP contribution in [0.5, 0.6) is 0 Å². The van der Waals surface area contributed by atoms with Crippen molar-refractivity contribution >= 4 is 11.9 Å². The fourth-order valence-electron chi connectivity index (χ4n) is 1.56. The molecule has 0 aromatic heterocycles. The molecule has 0 aliphatic carbocycles. The first kappa shape index (κ1) is 13.2. The molecule has 0 bridgehead atoms. The predicted molar refractivity (Wildman–Crippen MR) is 64.7 cm³/mol. The lowest BCUT2D eigenvalue weighted by Crippen LogP contribution is -2.27. The summed E-state index contributed by atoms with van der Waals surface area (Å²) in [6.45, 7) is 2.53. The third-order valence-corrected chi connectivity index (χ3v) is 2.46. The molecule has 1 aromatic carbocycles. The molecule has 1 aromatic rings. The predicted octanol–water partition coefficient (Wildman–Crippen LogP) is 1.77. The first-order valence-corrected chi connectivity index (χ1v) is 5.69. The van der Waals surface area contributed by atoms with Crippen molar-refractivity contribution < 1.29 is 14.7 Å². The lowest BCUT2D eigenvalue weighted by atomic mass is 9.95. The molecule has 1 atom stereocenters. The second-order valence-corrected chi connectivity index (χ2v) is 3.86. The number of hydrogen-bond donors (Lipinski definition) is 2. The molecule has 0 heterocycles. The number of carboxylic acids is 1. The molecule has 0 radical (unpaired) electrons. The fourth-order valence-corrected chi connectivity index (χ4v) is 1.56. The summed E-state index contributed by atoms with van der Waals surface area (Å²) < 4.78 is 0. The van der Waals surface area contributed by atoms with E-state index >= 15 is 0 Å². The van der Waals surface area contributed by atoms with Crippen LogP contribution in [0, 0.1) is 0 Å². The van der Waals surface area contributed by atoms with Crippen molar-refractivity contribution in [1.82, 2.24) is 5.32 Å². The van der Waals surface area contributed by atoms with Crippen molar-refractivity contribution in [3.63, 3.8) is 0 Å².